The van der Waals surface area contributed by atoms with Gasteiger partial charge in [-0.25, -0.2) is 4.79 Å². The summed E-state index contributed by atoms with van der Waals surface area (Å²) in [5.41, 5.74) is -0.964. The van der Waals surface area contributed by atoms with Crippen LogP contribution in [0.15, 0.2) is 18.2 Å². The highest BCUT2D eigenvalue weighted by molar-refractivity contribution is 5.68. The van der Waals surface area contributed by atoms with Gasteiger partial charge in [-0.15, -0.1) is 0 Å². The fraction of sp³-hybridized carbons (Fsp3) is 0.611. The van der Waals surface area contributed by atoms with Gasteiger partial charge in [0.25, 0.3) is 0 Å². The molecule has 0 unspecified atom stereocenters. The predicted molar refractivity (Wildman–Crippen MR) is 89.2 cm³/mol. The fourth-order valence-corrected chi connectivity index (χ4v) is 2.70. The van der Waals surface area contributed by atoms with E-state index in [1.54, 1.807) is 26.8 Å². The summed E-state index contributed by atoms with van der Waals surface area (Å²) in [6.07, 6.45) is -5.09. The summed E-state index contributed by atoms with van der Waals surface area (Å²) in [6, 6.07) is 3.94. The summed E-state index contributed by atoms with van der Waals surface area (Å²) >= 11 is 0. The van der Waals surface area contributed by atoms with Gasteiger partial charge in [-0.05, 0) is 38.5 Å². The Bertz CT molecular complexity index is 640. The Morgan fingerprint density at radius 1 is 1.31 bits per heavy atom. The van der Waals surface area contributed by atoms with Crippen molar-refractivity contribution in [1.82, 2.24) is 4.90 Å². The Hall–Kier alpha value is -1.96. The topological polar surface area (TPSA) is 48.0 Å². The van der Waals surface area contributed by atoms with Crippen molar-refractivity contribution in [3.05, 3.63) is 29.3 Å². The minimum atomic E-state index is -4.50. The van der Waals surface area contributed by atoms with Crippen molar-refractivity contribution in [3.63, 3.8) is 0 Å². The zero-order valence-electron chi connectivity index (χ0n) is 15.4. The molecule has 1 heterocycles. The molecule has 26 heavy (non-hydrogen) atoms. The predicted octanol–water partition coefficient (Wildman–Crippen LogP) is 3.89. The number of alkyl halides is 3. The Labute approximate surface area is 151 Å². The van der Waals surface area contributed by atoms with Gasteiger partial charge in [0.1, 0.15) is 11.4 Å². The van der Waals surface area contributed by atoms with Crippen LogP contribution in [-0.4, -0.2) is 49.5 Å². The third-order valence-corrected chi connectivity index (χ3v) is 3.82. The lowest BCUT2D eigenvalue weighted by atomic mass is 10.0. The average Bonchev–Trinajstić information content (AvgIpc) is 2.52. The number of methoxy groups -OCH3 is 1. The van der Waals surface area contributed by atoms with Gasteiger partial charge < -0.3 is 19.1 Å². The maximum absolute atomic E-state index is 13.1. The monoisotopic (exact) mass is 375 g/mol. The SMILES string of the molecule is COc1ccc(C[C@@H]2CN(C(=O)OC(C)(C)C)CCO2)cc1C(F)(F)F. The third-order valence-electron chi connectivity index (χ3n) is 3.82. The molecule has 1 atom stereocenters. The second-order valence-corrected chi connectivity index (χ2v) is 7.16. The van der Waals surface area contributed by atoms with Gasteiger partial charge in [-0.1, -0.05) is 6.07 Å². The molecule has 2 rings (SSSR count). The first-order valence-corrected chi connectivity index (χ1v) is 8.33. The number of ether oxygens (including phenoxy) is 3. The van der Waals surface area contributed by atoms with Gasteiger partial charge in [0, 0.05) is 13.0 Å². The largest absolute Gasteiger partial charge is 0.496 e. The van der Waals surface area contributed by atoms with Gasteiger partial charge in [0.15, 0.2) is 0 Å². The summed E-state index contributed by atoms with van der Waals surface area (Å²) in [5.74, 6) is -0.221. The lowest BCUT2D eigenvalue weighted by molar-refractivity contribution is -0.138. The molecule has 146 valence electrons. The van der Waals surface area contributed by atoms with Crippen LogP contribution < -0.4 is 4.74 Å². The molecule has 1 aliphatic heterocycles. The minimum Gasteiger partial charge on any atom is -0.496 e. The molecule has 8 heteroatoms. The molecule has 0 aliphatic carbocycles. The van der Waals surface area contributed by atoms with Crippen LogP contribution in [0.3, 0.4) is 0 Å². The Kier molecular flexibility index (Phi) is 6.05. The highest BCUT2D eigenvalue weighted by Crippen LogP contribution is 2.37. The van der Waals surface area contributed by atoms with E-state index in [1.807, 2.05) is 0 Å². The summed E-state index contributed by atoms with van der Waals surface area (Å²) in [6.45, 7) is 6.30. The first-order chi connectivity index (χ1) is 12.0. The first-order valence-electron chi connectivity index (χ1n) is 8.33. The van der Waals surface area contributed by atoms with E-state index in [2.05, 4.69) is 0 Å². The second kappa shape index (κ2) is 7.73. The van der Waals surface area contributed by atoms with Crippen molar-refractivity contribution in [2.75, 3.05) is 26.8 Å². The number of amides is 1. The van der Waals surface area contributed by atoms with E-state index in [0.29, 0.717) is 18.7 Å². The molecule has 0 spiro atoms. The number of nitrogens with zero attached hydrogens (tertiary/aromatic N) is 1. The maximum atomic E-state index is 13.1. The molecule has 1 aromatic rings. The summed E-state index contributed by atoms with van der Waals surface area (Å²) in [7, 11) is 1.20. The molecule has 0 radical (unpaired) electrons. The number of morpholine rings is 1. The van der Waals surface area contributed by atoms with Gasteiger partial charge in [0.05, 0.1) is 31.9 Å². The summed E-state index contributed by atoms with van der Waals surface area (Å²) < 4.78 is 55.2. The van der Waals surface area contributed by atoms with E-state index in [0.717, 1.165) is 6.07 Å². The molecule has 0 N–H and O–H groups in total. The van der Waals surface area contributed by atoms with Crippen molar-refractivity contribution < 1.29 is 32.2 Å². The van der Waals surface area contributed by atoms with Crippen LogP contribution in [0.2, 0.25) is 0 Å². The smallest absolute Gasteiger partial charge is 0.419 e. The van der Waals surface area contributed by atoms with Crippen LogP contribution >= 0.6 is 0 Å². The van der Waals surface area contributed by atoms with E-state index in [9.17, 15) is 18.0 Å². The second-order valence-electron chi connectivity index (χ2n) is 7.16. The van der Waals surface area contributed by atoms with Crippen molar-refractivity contribution in [1.29, 1.82) is 0 Å². The van der Waals surface area contributed by atoms with E-state index >= 15 is 0 Å². The maximum Gasteiger partial charge on any atom is 0.419 e. The van der Waals surface area contributed by atoms with E-state index in [1.165, 1.54) is 18.1 Å². The zero-order valence-corrected chi connectivity index (χ0v) is 15.4. The molecule has 1 amide bonds. The quantitative estimate of drug-likeness (QED) is 0.804. The van der Waals surface area contributed by atoms with Crippen LogP contribution in [0.1, 0.15) is 31.9 Å². The van der Waals surface area contributed by atoms with E-state index in [-0.39, 0.29) is 18.7 Å². The third kappa shape index (κ3) is 5.52. The number of rotatable bonds is 3. The van der Waals surface area contributed by atoms with Crippen LogP contribution in [0.25, 0.3) is 0 Å². The number of carbonyl (C=O) groups excluding carboxylic acids is 1. The summed E-state index contributed by atoms with van der Waals surface area (Å²) in [5, 5.41) is 0. The number of hydrogen-bond donors (Lipinski definition) is 0. The zero-order chi connectivity index (χ0) is 19.5. The standard InChI is InChI=1S/C18H24F3NO4/c1-17(2,3)26-16(23)22-7-8-25-13(11-22)9-12-5-6-15(24-4)14(10-12)18(19,20)21/h5-6,10,13H,7-9,11H2,1-4H3/t13-/m1/s1. The van der Waals surface area contributed by atoms with Crippen molar-refractivity contribution >= 4 is 6.09 Å². The average molecular weight is 375 g/mol. The highest BCUT2D eigenvalue weighted by Gasteiger charge is 2.35. The summed E-state index contributed by atoms with van der Waals surface area (Å²) in [4.78, 5) is 13.7. The van der Waals surface area contributed by atoms with E-state index < -0.39 is 29.5 Å². The van der Waals surface area contributed by atoms with Gasteiger partial charge in [-0.3, -0.25) is 0 Å². The van der Waals surface area contributed by atoms with Crippen LogP contribution in [-0.2, 0) is 22.1 Å². The fourth-order valence-electron chi connectivity index (χ4n) is 2.70. The molecular formula is C18H24F3NO4. The number of halogens is 3. The van der Waals surface area contributed by atoms with Crippen molar-refractivity contribution in [2.24, 2.45) is 0 Å². The Balaban J connectivity index is 2.07. The van der Waals surface area contributed by atoms with Crippen LogP contribution in [0.4, 0.5) is 18.0 Å². The van der Waals surface area contributed by atoms with Gasteiger partial charge in [0.2, 0.25) is 0 Å². The van der Waals surface area contributed by atoms with Crippen molar-refractivity contribution in [2.45, 2.75) is 45.1 Å². The van der Waals surface area contributed by atoms with Gasteiger partial charge >= 0.3 is 12.3 Å². The Morgan fingerprint density at radius 3 is 2.58 bits per heavy atom. The molecule has 0 saturated carbocycles. The first kappa shape index (κ1) is 20.4. The van der Waals surface area contributed by atoms with E-state index in [4.69, 9.17) is 14.2 Å². The van der Waals surface area contributed by atoms with Gasteiger partial charge in [-0.2, -0.15) is 13.2 Å². The Morgan fingerprint density at radius 2 is 2.00 bits per heavy atom. The molecule has 0 bridgehead atoms. The minimum absolute atomic E-state index is 0.221. The number of carbonyl (C=O) groups is 1. The molecule has 1 aromatic carbocycles. The molecule has 0 aromatic heterocycles. The molecule has 5 nitrogen and oxygen atoms in total. The normalized spacial score (nSPS) is 18.6. The number of hydrogen-bond acceptors (Lipinski definition) is 4. The van der Waals surface area contributed by atoms with Crippen LogP contribution in [0.5, 0.6) is 5.75 Å². The molecular weight excluding hydrogens is 351 g/mol. The number of benzene rings is 1. The lowest BCUT2D eigenvalue weighted by Crippen LogP contribution is -2.48. The molecule has 1 aliphatic rings. The highest BCUT2D eigenvalue weighted by atomic mass is 19.4. The molecule has 1 fully saturated rings. The molecule has 1 saturated heterocycles. The van der Waals surface area contributed by atoms with Crippen molar-refractivity contribution in [3.8, 4) is 5.75 Å². The lowest BCUT2D eigenvalue weighted by Gasteiger charge is -2.34. The van der Waals surface area contributed by atoms with Crippen LogP contribution in [0, 0.1) is 0 Å².